The summed E-state index contributed by atoms with van der Waals surface area (Å²) in [5, 5.41) is 22.7. The largest absolute Gasteiger partial charge is 0.508 e. The second-order valence-corrected chi connectivity index (χ2v) is 18.9. The van der Waals surface area contributed by atoms with Gasteiger partial charge in [0, 0.05) is 29.8 Å². The molecule has 0 radical (unpaired) electrons. The zero-order valence-electron chi connectivity index (χ0n) is 38.1. The maximum atomic E-state index is 14.4. The smallest absolute Gasteiger partial charge is 0.407 e. The normalized spacial score (nSPS) is 19.8. The van der Waals surface area contributed by atoms with Crippen molar-refractivity contribution in [1.82, 2.24) is 10.6 Å². The Bertz CT molecular complexity index is 2060. The Morgan fingerprint density at radius 2 is 0.985 bits per heavy atom. The fourth-order valence-corrected chi connectivity index (χ4v) is 7.31. The van der Waals surface area contributed by atoms with Gasteiger partial charge in [0.25, 0.3) is 0 Å². The lowest BCUT2D eigenvalue weighted by molar-refractivity contribution is 0.0513. The van der Waals surface area contributed by atoms with Crippen LogP contribution in [0.15, 0.2) is 36.4 Å². The second kappa shape index (κ2) is 27.4. The number of rotatable bonds is 15. The number of nitrogens with two attached hydrogens (primary N) is 1. The number of carbonyl (C=O) groups excluding carboxylic acids is 2. The van der Waals surface area contributed by atoms with Crippen LogP contribution in [0.3, 0.4) is 0 Å². The number of nitrogens with one attached hydrogen (secondary N) is 2. The number of benzene rings is 3. The van der Waals surface area contributed by atoms with Gasteiger partial charge in [-0.05, 0) is 139 Å². The first kappa shape index (κ1) is 59.4. The van der Waals surface area contributed by atoms with E-state index < -0.39 is 60.9 Å². The van der Waals surface area contributed by atoms with Crippen LogP contribution in [0.4, 0.5) is 35.9 Å². The van der Waals surface area contributed by atoms with Gasteiger partial charge in [0.2, 0.25) is 0 Å². The molecule has 3 saturated carbocycles. The van der Waals surface area contributed by atoms with E-state index in [-0.39, 0.29) is 94.1 Å². The molecule has 6 N–H and O–H groups in total. The number of amides is 2. The van der Waals surface area contributed by atoms with Crippen LogP contribution in [-0.4, -0.2) is 93.1 Å². The average molecular weight is 1040 g/mol. The van der Waals surface area contributed by atoms with Crippen molar-refractivity contribution in [2.24, 2.45) is 23.5 Å². The predicted molar refractivity (Wildman–Crippen MR) is 249 cm³/mol. The van der Waals surface area contributed by atoms with Gasteiger partial charge in [-0.15, -0.1) is 12.4 Å². The summed E-state index contributed by atoms with van der Waals surface area (Å²) in [5.74, 6) is -0.778. The van der Waals surface area contributed by atoms with Crippen molar-refractivity contribution in [2.75, 3.05) is 59.5 Å². The third kappa shape index (κ3) is 19.3. The highest BCUT2D eigenvalue weighted by molar-refractivity contribution is 6.31. The highest BCUT2D eigenvalue weighted by Crippen LogP contribution is 2.53. The molecule has 0 aliphatic heterocycles. The van der Waals surface area contributed by atoms with Crippen molar-refractivity contribution < 1.29 is 65.1 Å². The van der Waals surface area contributed by atoms with E-state index in [9.17, 15) is 41.0 Å². The van der Waals surface area contributed by atoms with Crippen LogP contribution in [0.2, 0.25) is 15.1 Å². The number of carbonyl (C=O) groups is 2. The van der Waals surface area contributed by atoms with Crippen LogP contribution < -0.4 is 25.8 Å². The summed E-state index contributed by atoms with van der Waals surface area (Å²) in [5.41, 5.74) is 5.46. The molecule has 3 aromatic rings. The second-order valence-electron chi connectivity index (χ2n) is 17.6. The van der Waals surface area contributed by atoms with Gasteiger partial charge in [-0.1, -0.05) is 34.8 Å². The Kier molecular flexibility index (Phi) is 24.3. The van der Waals surface area contributed by atoms with Gasteiger partial charge in [-0.25, -0.2) is 35.9 Å². The molecule has 6 atom stereocenters. The molecule has 0 aromatic heterocycles. The molecule has 11 nitrogen and oxygen atoms in total. The molecule has 67 heavy (non-hydrogen) atoms. The Morgan fingerprint density at radius 1 is 0.642 bits per heavy atom. The van der Waals surface area contributed by atoms with E-state index >= 15 is 0 Å². The summed E-state index contributed by atoms with van der Waals surface area (Å²) in [6, 6.07) is 8.66. The molecule has 0 heterocycles. The summed E-state index contributed by atoms with van der Waals surface area (Å²) < 4.78 is 97.9. The highest BCUT2D eigenvalue weighted by atomic mass is 35.5. The fourth-order valence-electron chi connectivity index (χ4n) is 6.82. The lowest BCUT2D eigenvalue weighted by Crippen LogP contribution is -2.33. The van der Waals surface area contributed by atoms with Crippen LogP contribution in [0.25, 0.3) is 0 Å². The molecule has 0 bridgehead atoms. The quantitative estimate of drug-likeness (QED) is 0.0933. The maximum Gasteiger partial charge on any atom is 0.407 e. The topological polar surface area (TPSA) is 162 Å². The van der Waals surface area contributed by atoms with Gasteiger partial charge in [0.15, 0.2) is 0 Å². The summed E-state index contributed by atoms with van der Waals surface area (Å²) in [4.78, 5) is 23.2. The molecular formula is C46H61Cl4F6N3O8. The monoisotopic (exact) mass is 1040 g/mol. The molecule has 0 spiro atoms. The van der Waals surface area contributed by atoms with Gasteiger partial charge in [-0.3, -0.25) is 0 Å². The number of alkyl halides is 3. The number of phenols is 1. The zero-order chi connectivity index (χ0) is 49.5. The van der Waals surface area contributed by atoms with Crippen molar-refractivity contribution >= 4 is 59.4 Å². The molecule has 6 unspecified atom stereocenters. The number of alkyl carbamates (subject to hydrolysis) is 2. The highest BCUT2D eigenvalue weighted by Gasteiger charge is 2.44. The molecule has 21 heteroatoms. The molecule has 0 saturated heterocycles. The molecule has 3 aromatic carbocycles. The first-order chi connectivity index (χ1) is 31.0. The van der Waals surface area contributed by atoms with Crippen LogP contribution in [0, 0.1) is 35.2 Å². The minimum atomic E-state index is -0.655. The summed E-state index contributed by atoms with van der Waals surface area (Å²) in [6.45, 7) is 9.51. The predicted octanol–water partition coefficient (Wildman–Crippen LogP) is 11.5. The third-order valence-electron chi connectivity index (χ3n) is 10.0. The van der Waals surface area contributed by atoms with Crippen molar-refractivity contribution in [3.63, 3.8) is 0 Å². The van der Waals surface area contributed by atoms with E-state index in [2.05, 4.69) is 10.6 Å². The summed E-state index contributed by atoms with van der Waals surface area (Å²) in [6.07, 6.45) is 1.22. The number of halogens is 10. The van der Waals surface area contributed by atoms with Crippen molar-refractivity contribution in [3.8, 4) is 17.2 Å². The Balaban J connectivity index is 0.000000333. The van der Waals surface area contributed by atoms with Crippen LogP contribution >= 0.6 is 47.2 Å². The summed E-state index contributed by atoms with van der Waals surface area (Å²) in [7, 11) is 0. The van der Waals surface area contributed by atoms with Gasteiger partial charge in [0.1, 0.15) is 79.1 Å². The Labute approximate surface area is 409 Å². The number of hydrogen-bond donors (Lipinski definition) is 5. The van der Waals surface area contributed by atoms with Gasteiger partial charge in [-0.2, -0.15) is 0 Å². The fraction of sp³-hybridized carbons (Fsp3) is 0.565. The number of hydrogen-bond acceptors (Lipinski definition) is 9. The number of aromatic hydroxyl groups is 1. The van der Waals surface area contributed by atoms with Crippen molar-refractivity contribution in [2.45, 2.75) is 89.8 Å². The molecule has 3 aliphatic rings. The van der Waals surface area contributed by atoms with Crippen LogP contribution in [-0.2, 0) is 9.47 Å². The number of ether oxygens (including phenoxy) is 4. The first-order valence-electron chi connectivity index (χ1n) is 21.3. The first-order valence-corrected chi connectivity index (χ1v) is 22.5. The number of aliphatic hydroxyl groups is 1. The average Bonchev–Trinajstić information content (AvgIpc) is 4.16. The standard InChI is InChI=1S/C17H22ClF2NO3.C15H19ClFNO3.C12H14ClF2NO.C2H5FO.ClH/c1-17(2,3)24-16(22)21-9-10-8-11(10)14-13(23-7-6-19)5-4-12(18)15(14)20;1-15(2,3)21-14(20)18-7-8-6-9(8)12-11(19)5-4-10(16)13(12)17;13-9-1-2-10(17-4-3-14)11(12(9)15)8-5-7(8)6-16;3-1-2-4;/h4-5,10-11H,6-9H2,1-3H3,(H,21,22);4-5,8-9,19H,6-7H2,1-3H3,(H,18,20);1-2,7-8H,3-6,16H2;4H,1-2H2;1H. The van der Waals surface area contributed by atoms with E-state index in [1.165, 1.54) is 24.3 Å². The molecule has 3 fully saturated rings. The van der Waals surface area contributed by atoms with Gasteiger partial charge >= 0.3 is 12.2 Å². The van der Waals surface area contributed by atoms with Gasteiger partial charge in [0.05, 0.1) is 21.7 Å². The van der Waals surface area contributed by atoms with Crippen LogP contribution in [0.1, 0.15) is 95.2 Å². The third-order valence-corrected chi connectivity index (χ3v) is 10.9. The van der Waals surface area contributed by atoms with E-state index in [4.69, 9.17) is 64.6 Å². The Morgan fingerprint density at radius 3 is 1.33 bits per heavy atom. The minimum absolute atomic E-state index is 0. The zero-order valence-corrected chi connectivity index (χ0v) is 41.2. The van der Waals surface area contributed by atoms with E-state index in [0.29, 0.717) is 55.1 Å². The molecule has 378 valence electrons. The lowest BCUT2D eigenvalue weighted by Gasteiger charge is -2.19. The van der Waals surface area contributed by atoms with Crippen LogP contribution in [0.5, 0.6) is 17.2 Å². The maximum absolute atomic E-state index is 14.4. The van der Waals surface area contributed by atoms with Crippen molar-refractivity contribution in [3.05, 3.63) is 85.6 Å². The van der Waals surface area contributed by atoms with Crippen molar-refractivity contribution in [1.29, 1.82) is 0 Å². The van der Waals surface area contributed by atoms with E-state index in [0.717, 1.165) is 6.42 Å². The number of aliphatic hydroxyl groups excluding tert-OH is 1. The van der Waals surface area contributed by atoms with E-state index in [1.807, 2.05) is 0 Å². The molecule has 2 amide bonds. The Hall–Kier alpha value is -3.74. The van der Waals surface area contributed by atoms with Gasteiger partial charge < -0.3 is 45.5 Å². The number of phenolic OH excluding ortho intramolecular Hbond substituents is 1. The summed E-state index contributed by atoms with van der Waals surface area (Å²) >= 11 is 17.3. The molecule has 3 aliphatic carbocycles. The molecule has 6 rings (SSSR count). The van der Waals surface area contributed by atoms with E-state index in [1.54, 1.807) is 53.7 Å². The minimum Gasteiger partial charge on any atom is -0.508 e. The SMILES string of the molecule is CC(C)(C)OC(=O)NCC1CC1c1c(O)ccc(Cl)c1F.CC(C)(C)OC(=O)NCC1CC1c1c(OCCF)ccc(Cl)c1F.Cl.NCC1CC1c1c(OCCF)ccc(Cl)c1F.OCCF. The molecular weight excluding hydrogens is 978 g/mol. The lowest BCUT2D eigenvalue weighted by atomic mass is 10.1.